The van der Waals surface area contributed by atoms with Gasteiger partial charge in [-0.2, -0.15) is 0 Å². The van der Waals surface area contributed by atoms with Gasteiger partial charge in [-0.05, 0) is 30.3 Å². The van der Waals surface area contributed by atoms with Gasteiger partial charge in [0.15, 0.2) is 0 Å². The molecule has 2 atom stereocenters. The highest BCUT2D eigenvalue weighted by molar-refractivity contribution is 7.19. The zero-order chi connectivity index (χ0) is 18.8. The molecule has 2 unspecified atom stereocenters. The van der Waals surface area contributed by atoms with Crippen molar-refractivity contribution in [1.29, 1.82) is 0 Å². The topological polar surface area (TPSA) is 0 Å². The Bertz CT molecular complexity index is 263. The first-order valence-electron chi connectivity index (χ1n) is 11.9. The van der Waals surface area contributed by atoms with Crippen LogP contribution in [-0.4, -0.2) is 5.16 Å². The molecular weight excluding hydrogens is 355 g/mol. The quantitative estimate of drug-likeness (QED) is 0.148. The molecule has 0 aromatic carbocycles. The van der Waals surface area contributed by atoms with Gasteiger partial charge in [-0.25, -0.2) is 0 Å². The normalized spacial score (nSPS) is 12.8. The van der Waals surface area contributed by atoms with Gasteiger partial charge in [0, 0.05) is 0 Å². The molecule has 160 valence electrons. The Balaban J connectivity index is 0. The zero-order valence-electron chi connectivity index (χ0n) is 18.8. The molecule has 0 radical (unpaired) electrons. The summed E-state index contributed by atoms with van der Waals surface area (Å²) >= 11 is 0. The number of halogens is 1. The fourth-order valence-corrected chi connectivity index (χ4v) is 4.71. The molecule has 0 rings (SSSR count). The van der Waals surface area contributed by atoms with Crippen LogP contribution in [0.5, 0.6) is 0 Å². The lowest BCUT2D eigenvalue weighted by Crippen LogP contribution is -2.29. The van der Waals surface area contributed by atoms with E-state index in [-0.39, 0.29) is 12.4 Å². The van der Waals surface area contributed by atoms with Crippen LogP contribution >= 0.6 is 21.6 Å². The molecule has 0 saturated carbocycles. The van der Waals surface area contributed by atoms with Crippen molar-refractivity contribution < 1.29 is 0 Å². The van der Waals surface area contributed by atoms with Crippen LogP contribution in [0.4, 0.5) is 0 Å². The second-order valence-electron chi connectivity index (χ2n) is 8.43. The highest BCUT2D eigenvalue weighted by atomic mass is 35.5. The summed E-state index contributed by atoms with van der Waals surface area (Å²) < 4.78 is 0. The van der Waals surface area contributed by atoms with E-state index in [2.05, 4.69) is 36.9 Å². The van der Waals surface area contributed by atoms with E-state index >= 15 is 0 Å². The molecule has 0 bridgehead atoms. The molecule has 2 heteroatoms. The Kier molecular flexibility index (Phi) is 22.8. The van der Waals surface area contributed by atoms with Crippen LogP contribution in [-0.2, 0) is 0 Å². The Hall–Kier alpha value is 0.720. The second kappa shape index (κ2) is 20.5. The number of unbranched alkanes of at least 4 members (excludes halogenated alkanes) is 13. The minimum absolute atomic E-state index is 0. The van der Waals surface area contributed by atoms with Crippen LogP contribution in [0.3, 0.4) is 0 Å². The lowest BCUT2D eigenvalue weighted by atomic mass is 9.81. The van der Waals surface area contributed by atoms with Gasteiger partial charge >= 0.3 is 0 Å². The van der Waals surface area contributed by atoms with Crippen LogP contribution in [0.15, 0.2) is 0 Å². The third-order valence-corrected chi connectivity index (χ3v) is 7.82. The minimum atomic E-state index is 0. The highest BCUT2D eigenvalue weighted by Crippen LogP contribution is 2.39. The first-order valence-corrected chi connectivity index (χ1v) is 12.5. The summed E-state index contributed by atoms with van der Waals surface area (Å²) in [4.78, 5) is 0. The van der Waals surface area contributed by atoms with Crippen LogP contribution in [0.25, 0.3) is 0 Å². The van der Waals surface area contributed by atoms with E-state index in [0.717, 1.165) is 5.92 Å². The van der Waals surface area contributed by atoms with Gasteiger partial charge in [-0.15, -0.1) is 21.6 Å². The largest absolute Gasteiger partial charge is 0.147 e. The maximum Gasteiger partial charge on any atom is -0.0127 e. The van der Waals surface area contributed by atoms with Crippen LogP contribution in [0.2, 0.25) is 0 Å². The van der Waals surface area contributed by atoms with Crippen molar-refractivity contribution in [2.24, 2.45) is 5.92 Å². The molecule has 0 aromatic rings. The fraction of sp³-hybridized carbons (Fsp3) is 1.00. The summed E-state index contributed by atoms with van der Waals surface area (Å²) in [6.45, 7) is 9.42. The van der Waals surface area contributed by atoms with E-state index in [1.165, 1.54) is 116 Å². The maximum absolute atomic E-state index is 3.20. The fourth-order valence-electron chi connectivity index (χ4n) is 4.31. The second-order valence-corrected chi connectivity index (χ2v) is 9.58. The van der Waals surface area contributed by atoms with E-state index in [1.807, 2.05) is 0 Å². The van der Waals surface area contributed by atoms with E-state index in [0.29, 0.717) is 5.16 Å². The van der Waals surface area contributed by atoms with Crippen LogP contribution < -0.4 is 0 Å². The van der Waals surface area contributed by atoms with Crippen LogP contribution in [0, 0.1) is 5.92 Å². The van der Waals surface area contributed by atoms with Gasteiger partial charge in [0.1, 0.15) is 0 Å². The number of hydrogen-bond donors (Lipinski definition) is 0. The summed E-state index contributed by atoms with van der Waals surface area (Å²) in [5.41, 5.74) is 0. The van der Waals surface area contributed by atoms with Gasteiger partial charge < -0.3 is 0 Å². The van der Waals surface area contributed by atoms with Gasteiger partial charge in [0.25, 0.3) is 0 Å². The molecule has 0 aromatic heterocycles. The standard InChI is InChI=1S/C24H51P.ClH/c1-5-9-10-11-12-13-14-15-16-17-18-19-20-21-22-23(6-2)24(25,7-3)8-4;/h23H,5-22,25H2,1-4H3;1H. The van der Waals surface area contributed by atoms with Crippen molar-refractivity contribution in [2.45, 2.75) is 148 Å². The van der Waals surface area contributed by atoms with Gasteiger partial charge in [-0.3, -0.25) is 0 Å². The average molecular weight is 407 g/mol. The molecule has 0 aliphatic carbocycles. The van der Waals surface area contributed by atoms with Crippen molar-refractivity contribution >= 4 is 21.6 Å². The van der Waals surface area contributed by atoms with Crippen molar-refractivity contribution in [3.05, 3.63) is 0 Å². The smallest absolute Gasteiger partial charge is 0.0127 e. The molecule has 0 spiro atoms. The summed E-state index contributed by atoms with van der Waals surface area (Å²) in [6.07, 6.45) is 25.9. The predicted molar refractivity (Wildman–Crippen MR) is 129 cm³/mol. The highest BCUT2D eigenvalue weighted by Gasteiger charge is 2.28. The molecule has 0 amide bonds. The lowest BCUT2D eigenvalue weighted by Gasteiger charge is -2.36. The zero-order valence-corrected chi connectivity index (χ0v) is 20.8. The van der Waals surface area contributed by atoms with Gasteiger partial charge in [0.05, 0.1) is 0 Å². The minimum Gasteiger partial charge on any atom is -0.147 e. The summed E-state index contributed by atoms with van der Waals surface area (Å²) in [5.74, 6) is 0.907. The Morgan fingerprint density at radius 3 is 1.23 bits per heavy atom. The molecule has 26 heavy (non-hydrogen) atoms. The van der Waals surface area contributed by atoms with Crippen molar-refractivity contribution in [3.63, 3.8) is 0 Å². The van der Waals surface area contributed by atoms with Crippen LogP contribution in [0.1, 0.15) is 143 Å². The predicted octanol–water partition coefficient (Wildman–Crippen LogP) is 9.74. The number of rotatable bonds is 19. The van der Waals surface area contributed by atoms with E-state index < -0.39 is 0 Å². The van der Waals surface area contributed by atoms with Crippen molar-refractivity contribution in [1.82, 2.24) is 0 Å². The van der Waals surface area contributed by atoms with Gasteiger partial charge in [-0.1, -0.05) is 124 Å². The monoisotopic (exact) mass is 406 g/mol. The molecule has 0 saturated heterocycles. The summed E-state index contributed by atoms with van der Waals surface area (Å²) in [7, 11) is 3.20. The molecule has 0 nitrogen and oxygen atoms in total. The van der Waals surface area contributed by atoms with Crippen molar-refractivity contribution in [3.8, 4) is 0 Å². The van der Waals surface area contributed by atoms with E-state index in [1.54, 1.807) is 0 Å². The first kappa shape index (κ1) is 28.9. The average Bonchev–Trinajstić information content (AvgIpc) is 2.64. The summed E-state index contributed by atoms with van der Waals surface area (Å²) in [6, 6.07) is 0. The molecule has 0 fully saturated rings. The number of hydrogen-bond acceptors (Lipinski definition) is 0. The SMILES string of the molecule is CCCCCCCCCCCCCCCCC(CC)C(P)(CC)CC.Cl. The Morgan fingerprint density at radius 1 is 0.577 bits per heavy atom. The lowest BCUT2D eigenvalue weighted by molar-refractivity contribution is 0.313. The maximum atomic E-state index is 3.20. The van der Waals surface area contributed by atoms with Gasteiger partial charge in [0.2, 0.25) is 0 Å². The van der Waals surface area contributed by atoms with E-state index in [4.69, 9.17) is 0 Å². The van der Waals surface area contributed by atoms with E-state index in [9.17, 15) is 0 Å². The first-order chi connectivity index (χ1) is 12.1. The molecule has 0 aliphatic rings. The molecule has 0 N–H and O–H groups in total. The Labute approximate surface area is 176 Å². The third-order valence-electron chi connectivity index (χ3n) is 6.53. The third kappa shape index (κ3) is 14.7. The Morgan fingerprint density at radius 2 is 0.923 bits per heavy atom. The van der Waals surface area contributed by atoms with Crippen molar-refractivity contribution in [2.75, 3.05) is 0 Å². The summed E-state index contributed by atoms with van der Waals surface area (Å²) in [5, 5.41) is 0.505. The molecular formula is C24H52ClP. The molecule has 0 heterocycles. The molecule has 0 aliphatic heterocycles.